The minimum atomic E-state index is -0.396. The van der Waals surface area contributed by atoms with Gasteiger partial charge in [0.15, 0.2) is 0 Å². The Labute approximate surface area is 220 Å². The van der Waals surface area contributed by atoms with Crippen LogP contribution in [0, 0.1) is 16.0 Å². The van der Waals surface area contributed by atoms with E-state index in [-0.39, 0.29) is 29.6 Å². The number of ether oxygens (including phenoxy) is 1. The van der Waals surface area contributed by atoms with E-state index in [0.29, 0.717) is 57.3 Å². The molecule has 10 nitrogen and oxygen atoms in total. The molecular weight excluding hydrogens is 498 g/mol. The van der Waals surface area contributed by atoms with Crippen LogP contribution in [-0.2, 0) is 16.0 Å². The largest absolute Gasteiger partial charge is 0.450 e. The first-order chi connectivity index (χ1) is 17.9. The predicted octanol–water partition coefficient (Wildman–Crippen LogP) is 3.42. The van der Waals surface area contributed by atoms with Crippen LogP contribution in [0.25, 0.3) is 0 Å². The summed E-state index contributed by atoms with van der Waals surface area (Å²) < 4.78 is 5.10. The quantitative estimate of drug-likeness (QED) is 0.443. The number of fused-ring (bicyclic) bond motifs is 3. The third kappa shape index (κ3) is 4.90. The standard InChI is InChI=1S/C26H30ClN5O5/c1-2-37-26(34)29-11-9-28(10-12-29)25(33)20-16-18-15-19(32(35)36)7-8-22(18)31-14-13-30(17-24(20)31)23-6-4-3-5-21(23)27/h3-8,15,20,24H,2,9-14,16-17H2,1H3. The van der Waals surface area contributed by atoms with E-state index in [1.165, 1.54) is 6.07 Å². The molecule has 0 saturated carbocycles. The van der Waals surface area contributed by atoms with Crippen LogP contribution in [0.15, 0.2) is 42.5 Å². The topological polar surface area (TPSA) is 99.5 Å². The first kappa shape index (κ1) is 25.1. The van der Waals surface area contributed by atoms with Crippen LogP contribution in [-0.4, -0.2) is 85.2 Å². The van der Waals surface area contributed by atoms with E-state index in [9.17, 15) is 19.7 Å². The van der Waals surface area contributed by atoms with Crippen molar-refractivity contribution in [2.75, 3.05) is 62.2 Å². The average Bonchev–Trinajstić information content (AvgIpc) is 2.92. The van der Waals surface area contributed by atoms with Crippen molar-refractivity contribution in [3.05, 3.63) is 63.2 Å². The summed E-state index contributed by atoms with van der Waals surface area (Å²) in [6, 6.07) is 12.5. The first-order valence-corrected chi connectivity index (χ1v) is 13.0. The zero-order valence-corrected chi connectivity index (χ0v) is 21.5. The molecule has 0 bridgehead atoms. The van der Waals surface area contributed by atoms with Crippen molar-refractivity contribution in [2.45, 2.75) is 19.4 Å². The molecule has 2 fully saturated rings. The highest BCUT2D eigenvalue weighted by Crippen LogP contribution is 2.40. The highest BCUT2D eigenvalue weighted by molar-refractivity contribution is 6.33. The van der Waals surface area contributed by atoms with E-state index < -0.39 is 4.92 Å². The summed E-state index contributed by atoms with van der Waals surface area (Å²) in [6.45, 7) is 5.76. The van der Waals surface area contributed by atoms with E-state index in [1.807, 2.05) is 35.2 Å². The first-order valence-electron chi connectivity index (χ1n) is 12.6. The summed E-state index contributed by atoms with van der Waals surface area (Å²) in [5.41, 5.74) is 2.74. The fourth-order valence-corrected chi connectivity index (χ4v) is 5.95. The number of hydrogen-bond acceptors (Lipinski definition) is 7. The number of rotatable bonds is 4. The Balaban J connectivity index is 1.41. The number of piperazine rings is 2. The van der Waals surface area contributed by atoms with E-state index in [0.717, 1.165) is 23.5 Å². The molecule has 3 aliphatic rings. The van der Waals surface area contributed by atoms with Crippen LogP contribution in [0.4, 0.5) is 21.9 Å². The van der Waals surface area contributed by atoms with Crippen LogP contribution in [0.2, 0.25) is 5.02 Å². The molecule has 11 heteroatoms. The SMILES string of the molecule is CCOC(=O)N1CCN(C(=O)C2Cc3cc([N+](=O)[O-])ccc3N3CCN(c4ccccc4Cl)CC23)CC1. The molecule has 3 aliphatic heterocycles. The van der Waals surface area contributed by atoms with Gasteiger partial charge in [0, 0.05) is 63.6 Å². The molecule has 2 atom stereocenters. The number of halogens is 1. The molecule has 0 aliphatic carbocycles. The second kappa shape index (κ2) is 10.5. The lowest BCUT2D eigenvalue weighted by molar-refractivity contribution is -0.384. The number of nitro groups is 1. The van der Waals surface area contributed by atoms with Gasteiger partial charge in [-0.15, -0.1) is 0 Å². The minimum absolute atomic E-state index is 0.0108. The number of nitro benzene ring substituents is 1. The fraction of sp³-hybridized carbons (Fsp3) is 0.462. The van der Waals surface area contributed by atoms with Gasteiger partial charge in [-0.3, -0.25) is 14.9 Å². The lowest BCUT2D eigenvalue weighted by atomic mass is 9.82. The van der Waals surface area contributed by atoms with E-state index in [4.69, 9.17) is 16.3 Å². The molecule has 2 unspecified atom stereocenters. The van der Waals surface area contributed by atoms with Gasteiger partial charge in [0.25, 0.3) is 5.69 Å². The molecule has 0 N–H and O–H groups in total. The monoisotopic (exact) mass is 527 g/mol. The van der Waals surface area contributed by atoms with Crippen LogP contribution in [0.1, 0.15) is 12.5 Å². The Bertz CT molecular complexity index is 1200. The predicted molar refractivity (Wildman–Crippen MR) is 140 cm³/mol. The average molecular weight is 528 g/mol. The fourth-order valence-electron chi connectivity index (χ4n) is 5.69. The van der Waals surface area contributed by atoms with Crippen molar-refractivity contribution in [2.24, 2.45) is 5.92 Å². The van der Waals surface area contributed by atoms with Gasteiger partial charge in [0.05, 0.1) is 34.2 Å². The van der Waals surface area contributed by atoms with Gasteiger partial charge < -0.3 is 24.3 Å². The number of carbonyl (C=O) groups is 2. The summed E-state index contributed by atoms with van der Waals surface area (Å²) in [7, 11) is 0. The number of hydrogen-bond donors (Lipinski definition) is 0. The number of non-ortho nitro benzene ring substituents is 1. The molecular formula is C26H30ClN5O5. The third-order valence-corrected chi connectivity index (χ3v) is 7.85. The molecule has 2 saturated heterocycles. The molecule has 3 heterocycles. The Morgan fingerprint density at radius 3 is 2.46 bits per heavy atom. The molecule has 37 heavy (non-hydrogen) atoms. The molecule has 196 valence electrons. The third-order valence-electron chi connectivity index (χ3n) is 7.53. The van der Waals surface area contributed by atoms with Gasteiger partial charge in [-0.2, -0.15) is 0 Å². The number of benzene rings is 2. The number of amides is 2. The molecule has 2 aromatic rings. The normalized spacial score (nSPS) is 21.2. The zero-order valence-electron chi connectivity index (χ0n) is 20.7. The zero-order chi connectivity index (χ0) is 26.1. The lowest BCUT2D eigenvalue weighted by Gasteiger charge is -2.50. The Morgan fingerprint density at radius 1 is 1.03 bits per heavy atom. The van der Waals surface area contributed by atoms with Crippen molar-refractivity contribution in [1.29, 1.82) is 0 Å². The maximum Gasteiger partial charge on any atom is 0.409 e. The highest BCUT2D eigenvalue weighted by atomic mass is 35.5. The summed E-state index contributed by atoms with van der Waals surface area (Å²) in [6.07, 6.45) is 0.0631. The van der Waals surface area contributed by atoms with Gasteiger partial charge in [-0.25, -0.2) is 4.79 Å². The minimum Gasteiger partial charge on any atom is -0.450 e. The van der Waals surface area contributed by atoms with Gasteiger partial charge in [-0.1, -0.05) is 23.7 Å². The number of para-hydroxylation sites is 1. The second-order valence-electron chi connectivity index (χ2n) is 9.55. The van der Waals surface area contributed by atoms with Crippen molar-refractivity contribution in [1.82, 2.24) is 9.80 Å². The Hall–Kier alpha value is -3.53. The number of anilines is 2. The summed E-state index contributed by atoms with van der Waals surface area (Å²) in [5, 5.41) is 12.1. The van der Waals surface area contributed by atoms with Crippen molar-refractivity contribution in [3.63, 3.8) is 0 Å². The van der Waals surface area contributed by atoms with E-state index in [2.05, 4.69) is 9.80 Å². The van der Waals surface area contributed by atoms with Gasteiger partial charge in [0.1, 0.15) is 0 Å². The summed E-state index contributed by atoms with van der Waals surface area (Å²) in [5.74, 6) is -0.370. The molecule has 2 aromatic carbocycles. The number of carbonyl (C=O) groups excluding carboxylic acids is 2. The van der Waals surface area contributed by atoms with Crippen molar-refractivity contribution < 1.29 is 19.2 Å². The van der Waals surface area contributed by atoms with E-state index in [1.54, 1.807) is 17.9 Å². The van der Waals surface area contributed by atoms with Gasteiger partial charge in [-0.05, 0) is 37.1 Å². The lowest BCUT2D eigenvalue weighted by Crippen LogP contribution is -2.62. The molecule has 0 aromatic heterocycles. The van der Waals surface area contributed by atoms with Gasteiger partial charge >= 0.3 is 6.09 Å². The van der Waals surface area contributed by atoms with E-state index >= 15 is 0 Å². The van der Waals surface area contributed by atoms with Crippen LogP contribution >= 0.6 is 11.6 Å². The molecule has 5 rings (SSSR count). The molecule has 0 spiro atoms. The van der Waals surface area contributed by atoms with Crippen molar-refractivity contribution >= 4 is 40.7 Å². The highest BCUT2D eigenvalue weighted by Gasteiger charge is 2.44. The second-order valence-corrected chi connectivity index (χ2v) is 9.96. The van der Waals surface area contributed by atoms with Crippen LogP contribution in [0.3, 0.4) is 0 Å². The van der Waals surface area contributed by atoms with Crippen LogP contribution in [0.5, 0.6) is 0 Å². The Kier molecular flexibility index (Phi) is 7.10. The molecule has 2 amide bonds. The number of nitrogens with zero attached hydrogens (tertiary/aromatic N) is 5. The summed E-state index contributed by atoms with van der Waals surface area (Å²) >= 11 is 6.51. The maximum absolute atomic E-state index is 13.9. The molecule has 0 radical (unpaired) electrons. The van der Waals surface area contributed by atoms with Gasteiger partial charge in [0.2, 0.25) is 5.91 Å². The maximum atomic E-state index is 13.9. The van der Waals surface area contributed by atoms with Crippen molar-refractivity contribution in [3.8, 4) is 0 Å². The Morgan fingerprint density at radius 2 is 1.76 bits per heavy atom. The smallest absolute Gasteiger partial charge is 0.409 e. The van der Waals surface area contributed by atoms with Crippen LogP contribution < -0.4 is 9.80 Å². The summed E-state index contributed by atoms with van der Waals surface area (Å²) in [4.78, 5) is 45.0.